The average Bonchev–Trinajstić information content (AvgIpc) is 3.06. The Morgan fingerprint density at radius 2 is 1.96 bits per heavy atom. The number of esters is 1. The third-order valence-corrected chi connectivity index (χ3v) is 4.97. The summed E-state index contributed by atoms with van der Waals surface area (Å²) in [5.74, 6) is 0.0648. The van der Waals surface area contributed by atoms with Gasteiger partial charge in [0.2, 0.25) is 0 Å². The van der Waals surface area contributed by atoms with E-state index >= 15 is 0 Å². The first-order valence-electron chi connectivity index (χ1n) is 8.21. The van der Waals surface area contributed by atoms with Crippen LogP contribution in [0, 0.1) is 0 Å². The second-order valence-electron chi connectivity index (χ2n) is 6.35. The maximum absolute atomic E-state index is 12.6. The predicted molar refractivity (Wildman–Crippen MR) is 93.1 cm³/mol. The largest absolute Gasteiger partial charge is 0.467 e. The first-order chi connectivity index (χ1) is 12.0. The molecule has 0 bridgehead atoms. The van der Waals surface area contributed by atoms with Crippen LogP contribution in [0.4, 0.5) is 0 Å². The van der Waals surface area contributed by atoms with Crippen molar-refractivity contribution in [3.05, 3.63) is 59.0 Å². The van der Waals surface area contributed by atoms with Crippen molar-refractivity contribution in [2.45, 2.75) is 31.2 Å². The molecule has 0 unspecified atom stereocenters. The van der Waals surface area contributed by atoms with Crippen molar-refractivity contribution in [3.63, 3.8) is 0 Å². The monoisotopic (exact) mass is 361 g/mol. The topological polar surface area (TPSA) is 59.8 Å². The van der Waals surface area contributed by atoms with E-state index in [0.29, 0.717) is 17.3 Å². The Balaban J connectivity index is 1.59. The van der Waals surface area contributed by atoms with Crippen LogP contribution in [0.15, 0.2) is 47.1 Å². The van der Waals surface area contributed by atoms with E-state index in [4.69, 9.17) is 20.8 Å². The van der Waals surface area contributed by atoms with Crippen LogP contribution in [0.1, 0.15) is 30.6 Å². The van der Waals surface area contributed by atoms with Crippen LogP contribution in [-0.2, 0) is 26.3 Å². The number of amides is 1. The van der Waals surface area contributed by atoms with Gasteiger partial charge in [-0.25, -0.2) is 0 Å². The highest BCUT2D eigenvalue weighted by Crippen LogP contribution is 2.45. The molecule has 1 saturated carbocycles. The number of ether oxygens (including phenoxy) is 1. The first kappa shape index (κ1) is 17.5. The minimum atomic E-state index is -0.648. The van der Waals surface area contributed by atoms with Gasteiger partial charge in [0, 0.05) is 12.1 Å². The molecule has 6 heteroatoms. The molecular formula is C19H20ClNO4. The minimum absolute atomic E-state index is 0.268. The molecule has 1 aliphatic carbocycles. The number of rotatable bonds is 6. The lowest BCUT2D eigenvalue weighted by Gasteiger charge is -2.39. The van der Waals surface area contributed by atoms with Gasteiger partial charge < -0.3 is 14.1 Å². The van der Waals surface area contributed by atoms with Crippen LogP contribution >= 0.6 is 11.6 Å². The SMILES string of the molecule is CN(Cc1ccco1)C(=O)COC(=O)C1(c2ccc(Cl)cc2)CCC1. The summed E-state index contributed by atoms with van der Waals surface area (Å²) < 4.78 is 10.6. The van der Waals surface area contributed by atoms with Crippen molar-refractivity contribution < 1.29 is 18.7 Å². The smallest absolute Gasteiger partial charge is 0.317 e. The number of furan rings is 1. The first-order valence-corrected chi connectivity index (χ1v) is 8.59. The molecule has 2 aromatic rings. The van der Waals surface area contributed by atoms with Crippen molar-refractivity contribution in [2.75, 3.05) is 13.7 Å². The van der Waals surface area contributed by atoms with Gasteiger partial charge in [0.1, 0.15) is 5.76 Å². The van der Waals surface area contributed by atoms with Gasteiger partial charge in [-0.3, -0.25) is 9.59 Å². The lowest BCUT2D eigenvalue weighted by atomic mass is 9.64. The molecule has 1 aromatic heterocycles. The normalized spacial score (nSPS) is 15.3. The van der Waals surface area contributed by atoms with Gasteiger partial charge in [-0.15, -0.1) is 0 Å². The molecule has 0 atom stereocenters. The maximum Gasteiger partial charge on any atom is 0.317 e. The van der Waals surface area contributed by atoms with Crippen LogP contribution in [0.5, 0.6) is 0 Å². The summed E-state index contributed by atoms with van der Waals surface area (Å²) in [5.41, 5.74) is 0.245. The number of likely N-dealkylation sites (N-methyl/N-ethyl adjacent to an activating group) is 1. The van der Waals surface area contributed by atoms with Gasteiger partial charge in [-0.2, -0.15) is 0 Å². The molecule has 1 heterocycles. The molecule has 0 N–H and O–H groups in total. The summed E-state index contributed by atoms with van der Waals surface area (Å²) in [6, 6.07) is 10.8. The van der Waals surface area contributed by atoms with E-state index in [1.54, 1.807) is 37.6 Å². The number of benzene rings is 1. The molecular weight excluding hydrogens is 342 g/mol. The summed E-state index contributed by atoms with van der Waals surface area (Å²) in [7, 11) is 1.65. The van der Waals surface area contributed by atoms with Crippen LogP contribution in [0.25, 0.3) is 0 Å². The van der Waals surface area contributed by atoms with Crippen LogP contribution in [-0.4, -0.2) is 30.4 Å². The number of halogens is 1. The highest BCUT2D eigenvalue weighted by Gasteiger charge is 2.47. The Kier molecular flexibility index (Phi) is 5.13. The van der Waals surface area contributed by atoms with Crippen molar-refractivity contribution in [1.82, 2.24) is 4.90 Å². The predicted octanol–water partition coefficient (Wildman–Crippen LogP) is 3.56. The molecule has 1 aliphatic rings. The van der Waals surface area contributed by atoms with E-state index in [0.717, 1.165) is 24.8 Å². The maximum atomic E-state index is 12.6. The van der Waals surface area contributed by atoms with E-state index < -0.39 is 5.41 Å². The third-order valence-electron chi connectivity index (χ3n) is 4.72. The van der Waals surface area contributed by atoms with Crippen LogP contribution < -0.4 is 0 Å². The zero-order valence-corrected chi connectivity index (χ0v) is 14.8. The van der Waals surface area contributed by atoms with Gasteiger partial charge in [0.25, 0.3) is 5.91 Å². The van der Waals surface area contributed by atoms with Crippen molar-refractivity contribution in [3.8, 4) is 0 Å². The Labute approximate surface area is 151 Å². The molecule has 3 rings (SSSR count). The summed E-state index contributed by atoms with van der Waals surface area (Å²) in [6.45, 7) is 0.0666. The standard InChI is InChI=1S/C19H20ClNO4/c1-21(12-16-4-2-11-24-16)17(22)13-25-18(23)19(9-3-10-19)14-5-7-15(20)8-6-14/h2,4-8,11H,3,9-10,12-13H2,1H3. The van der Waals surface area contributed by atoms with Crippen LogP contribution in [0.3, 0.4) is 0 Å². The lowest BCUT2D eigenvalue weighted by Crippen LogP contribution is -2.45. The number of nitrogens with zero attached hydrogens (tertiary/aromatic N) is 1. The van der Waals surface area contributed by atoms with Gasteiger partial charge >= 0.3 is 5.97 Å². The lowest BCUT2D eigenvalue weighted by molar-refractivity contribution is -0.160. The zero-order valence-electron chi connectivity index (χ0n) is 14.0. The van der Waals surface area contributed by atoms with Gasteiger partial charge in [-0.05, 0) is 42.7 Å². The molecule has 0 aliphatic heterocycles. The highest BCUT2D eigenvalue weighted by molar-refractivity contribution is 6.30. The molecule has 0 spiro atoms. The van der Waals surface area contributed by atoms with E-state index in [2.05, 4.69) is 0 Å². The van der Waals surface area contributed by atoms with E-state index in [1.807, 2.05) is 12.1 Å². The summed E-state index contributed by atoms with van der Waals surface area (Å²) in [6.07, 6.45) is 3.97. The molecule has 1 aromatic carbocycles. The number of carbonyl (C=O) groups is 2. The fourth-order valence-electron chi connectivity index (χ4n) is 3.01. The van der Waals surface area contributed by atoms with Gasteiger partial charge in [-0.1, -0.05) is 30.2 Å². The molecule has 25 heavy (non-hydrogen) atoms. The summed E-state index contributed by atoms with van der Waals surface area (Å²) in [5, 5.41) is 0.626. The molecule has 0 saturated heterocycles. The number of hydrogen-bond acceptors (Lipinski definition) is 4. The van der Waals surface area contributed by atoms with E-state index in [-0.39, 0.29) is 18.5 Å². The average molecular weight is 362 g/mol. The molecule has 5 nitrogen and oxygen atoms in total. The van der Waals surface area contributed by atoms with E-state index in [1.165, 1.54) is 4.90 Å². The molecule has 132 valence electrons. The third kappa shape index (κ3) is 3.71. The molecule has 0 radical (unpaired) electrons. The highest BCUT2D eigenvalue weighted by atomic mass is 35.5. The summed E-state index contributed by atoms with van der Waals surface area (Å²) >= 11 is 5.92. The number of carbonyl (C=O) groups excluding carboxylic acids is 2. The zero-order chi connectivity index (χ0) is 17.9. The fraction of sp³-hybridized carbons (Fsp3) is 0.368. The quantitative estimate of drug-likeness (QED) is 0.738. The van der Waals surface area contributed by atoms with Gasteiger partial charge in [0.05, 0.1) is 18.2 Å². The fourth-order valence-corrected chi connectivity index (χ4v) is 3.14. The van der Waals surface area contributed by atoms with Gasteiger partial charge in [0.15, 0.2) is 6.61 Å². The van der Waals surface area contributed by atoms with E-state index in [9.17, 15) is 9.59 Å². The van der Waals surface area contributed by atoms with Crippen molar-refractivity contribution in [1.29, 1.82) is 0 Å². The van der Waals surface area contributed by atoms with Crippen molar-refractivity contribution in [2.24, 2.45) is 0 Å². The Bertz CT molecular complexity index is 735. The van der Waals surface area contributed by atoms with Crippen LogP contribution in [0.2, 0.25) is 5.02 Å². The summed E-state index contributed by atoms with van der Waals surface area (Å²) in [4.78, 5) is 26.3. The second kappa shape index (κ2) is 7.31. The van der Waals surface area contributed by atoms with Crippen molar-refractivity contribution >= 4 is 23.5 Å². The Morgan fingerprint density at radius 3 is 2.52 bits per heavy atom. The minimum Gasteiger partial charge on any atom is -0.467 e. The second-order valence-corrected chi connectivity index (χ2v) is 6.78. The molecule has 1 fully saturated rings. The Hall–Kier alpha value is -2.27. The number of hydrogen-bond donors (Lipinski definition) is 0. The molecule has 1 amide bonds. The Morgan fingerprint density at radius 1 is 1.24 bits per heavy atom.